The number of aromatic nitrogens is 8. The Morgan fingerprint density at radius 2 is 0.829 bits per heavy atom. The molecule has 12 aromatic rings. The van der Waals surface area contributed by atoms with E-state index in [1.54, 1.807) is 61.1 Å². The van der Waals surface area contributed by atoms with Gasteiger partial charge in [-0.25, -0.2) is 23.8 Å². The van der Waals surface area contributed by atoms with Crippen molar-refractivity contribution in [3.05, 3.63) is 308 Å². The van der Waals surface area contributed by atoms with E-state index in [-0.39, 0.29) is 109 Å². The van der Waals surface area contributed by atoms with E-state index in [0.717, 1.165) is 49.2 Å². The average molecular weight is 1620 g/mol. The predicted molar refractivity (Wildman–Crippen MR) is 436 cm³/mol. The summed E-state index contributed by atoms with van der Waals surface area (Å²) in [5.74, 6) is -1.89. The van der Waals surface area contributed by atoms with Crippen molar-refractivity contribution in [3.63, 3.8) is 0 Å². The Hall–Kier alpha value is -11.7. The van der Waals surface area contributed by atoms with Crippen molar-refractivity contribution >= 4 is 73.0 Å². The number of non-ortho nitro benzene ring substituents is 2. The van der Waals surface area contributed by atoms with Gasteiger partial charge in [0, 0.05) is 75.1 Å². The normalized spacial score (nSPS) is 17.4. The first-order valence-corrected chi connectivity index (χ1v) is 41.1. The molecule has 0 aliphatic carbocycles. The third-order valence-corrected chi connectivity index (χ3v) is 24.0. The quantitative estimate of drug-likeness (QED) is 0.0149. The monoisotopic (exact) mass is 1620 g/mol. The van der Waals surface area contributed by atoms with Gasteiger partial charge in [-0.1, -0.05) is 234 Å². The van der Waals surface area contributed by atoms with E-state index < -0.39 is 86.2 Å². The number of phosphoric acid groups is 1. The number of nitrogens with zero attached hydrogens (tertiary/aromatic N) is 13. The van der Waals surface area contributed by atoms with Crippen LogP contribution in [-0.4, -0.2) is 159 Å². The SMILES string of the molecule is CC(C)C(=O)Nc1nc(OCCc2ccc([N+](=O)[O-])cc2)c2ncn([C@H]3CN(C(c4ccccc4)(c4ccccc4)c4ccccc4)C[C@@H](COP(=O)(O)OP(=O)(OC[C@@H]4CN(C(c5ccccc5)(c5ccccc5)c5ccccc5)C[C@H](n5cnc6c(OCCc7ccc([N+](=O)[O-])cc7)nc(NC(=O)C(C)C)nc65)O4)N(C)C)O3)c2n1. The van der Waals surface area contributed by atoms with Crippen LogP contribution in [-0.2, 0) is 65.5 Å². The number of rotatable bonds is 33. The number of anilines is 2. The van der Waals surface area contributed by atoms with Gasteiger partial charge in [0.25, 0.3) is 11.4 Å². The molecule has 0 bridgehead atoms. The van der Waals surface area contributed by atoms with Gasteiger partial charge in [-0.2, -0.15) is 24.2 Å². The third-order valence-electron chi connectivity index (χ3n) is 20.4. The number of hydrogen-bond donors (Lipinski definition) is 3. The van der Waals surface area contributed by atoms with Crippen LogP contribution in [0.25, 0.3) is 22.3 Å². The number of ether oxygens (including phenoxy) is 4. The van der Waals surface area contributed by atoms with Crippen LogP contribution in [0.5, 0.6) is 11.8 Å². The van der Waals surface area contributed by atoms with Crippen LogP contribution >= 0.6 is 15.6 Å². The maximum Gasteiger partial charge on any atom is 0.480 e. The second-order valence-corrected chi connectivity index (χ2v) is 32.8. The Kier molecular flexibility index (Phi) is 25.1. The van der Waals surface area contributed by atoms with Crippen LogP contribution in [0.2, 0.25) is 0 Å². The molecule has 33 heteroatoms. The molecule has 2 unspecified atom stereocenters. The number of hydrogen-bond acceptors (Lipinski definition) is 23. The van der Waals surface area contributed by atoms with E-state index in [1.165, 1.54) is 51.0 Å². The van der Waals surface area contributed by atoms with Crippen LogP contribution in [0.3, 0.4) is 0 Å². The Bertz CT molecular complexity index is 5360. The standard InChI is InChI=1S/C84H87N15O16P2/c1-57(2)77(100)89-81-87-75-73(79(91-81)109-47-45-59-37-41-67(42-38-59)98(102)103)85-55-96(75)71-51-94(83(61-25-13-7-14-26-61,62-27-15-8-16-28-62)63-29-17-9-18-30-63)49-69(113-71)53-111-116(106,93(5)6)115-117(107,108)112-54-70-50-95(84(64-31-19-10-20-32-64,65-33-21-11-22-34-65)66-35-23-12-24-36-66)52-72(114-70)97-56-86-74-76(97)88-82(90-78(101)58(3)4)92-80(74)110-48-46-60-39-43-68(44-40-60)99(104)105/h7-44,55-58,69-72H,45-54H2,1-6H3,(H,107,108)(H,87,89,91,100)(H,88,90,92,101)/t69-,70-,71+,72+,116?/m0/s1. The fraction of sp³-hybridized carbons (Fsp3) is 0.286. The summed E-state index contributed by atoms with van der Waals surface area (Å²) in [4.78, 5) is 94.3. The summed E-state index contributed by atoms with van der Waals surface area (Å²) in [6, 6.07) is 71.6. The van der Waals surface area contributed by atoms with E-state index in [4.69, 9.17) is 52.2 Å². The van der Waals surface area contributed by atoms with Crippen molar-refractivity contribution in [3.8, 4) is 11.8 Å². The van der Waals surface area contributed by atoms with Crippen molar-refractivity contribution in [2.24, 2.45) is 11.8 Å². The highest BCUT2D eigenvalue weighted by Crippen LogP contribution is 2.64. The minimum atomic E-state index is -5.53. The lowest BCUT2D eigenvalue weighted by Crippen LogP contribution is -2.57. The van der Waals surface area contributed by atoms with Crippen molar-refractivity contribution in [2.75, 3.05) is 77.3 Å². The highest BCUT2D eigenvalue weighted by Gasteiger charge is 2.51. The summed E-state index contributed by atoms with van der Waals surface area (Å²) in [5.41, 5.74) is 5.06. The van der Waals surface area contributed by atoms with Crippen molar-refractivity contribution in [1.82, 2.24) is 53.5 Å². The minimum Gasteiger partial charge on any atom is -0.476 e. The largest absolute Gasteiger partial charge is 0.480 e. The van der Waals surface area contributed by atoms with E-state index in [1.807, 2.05) is 182 Å². The second-order valence-electron chi connectivity index (χ2n) is 29.0. The minimum absolute atomic E-state index is 0.0136. The lowest BCUT2D eigenvalue weighted by atomic mass is 9.75. The van der Waals surface area contributed by atoms with Gasteiger partial charge in [-0.15, -0.1) is 0 Å². The molecule has 6 heterocycles. The Balaban J connectivity index is 0.801. The first kappa shape index (κ1) is 81.9. The zero-order valence-corrected chi connectivity index (χ0v) is 66.7. The molecular weight excluding hydrogens is 1540 g/mol. The van der Waals surface area contributed by atoms with Crippen LogP contribution in [0.15, 0.2) is 243 Å². The lowest BCUT2D eigenvalue weighted by Gasteiger charge is -2.50. The summed E-state index contributed by atoms with van der Waals surface area (Å²) in [6.45, 7) is 6.05. The highest BCUT2D eigenvalue weighted by atomic mass is 31.3. The van der Waals surface area contributed by atoms with Gasteiger partial charge in [-0.3, -0.25) is 68.4 Å². The maximum atomic E-state index is 15.8. The number of phosphoric ester groups is 1. The highest BCUT2D eigenvalue weighted by molar-refractivity contribution is 7.63. The zero-order valence-electron chi connectivity index (χ0n) is 64.9. The summed E-state index contributed by atoms with van der Waals surface area (Å²) in [6.07, 6.45) is -0.659. The summed E-state index contributed by atoms with van der Waals surface area (Å²) < 4.78 is 80.6. The fourth-order valence-electron chi connectivity index (χ4n) is 14.7. The molecule has 0 radical (unpaired) electrons. The second kappa shape index (κ2) is 35.8. The molecule has 31 nitrogen and oxygen atoms in total. The Labute approximate surface area is 674 Å². The lowest BCUT2D eigenvalue weighted by molar-refractivity contribution is -0.385. The molecule has 3 N–H and O–H groups in total. The predicted octanol–water partition coefficient (Wildman–Crippen LogP) is 14.1. The first-order chi connectivity index (χ1) is 56.5. The summed E-state index contributed by atoms with van der Waals surface area (Å²) in [7, 11) is -7.73. The fourth-order valence-corrected chi connectivity index (χ4v) is 17.6. The van der Waals surface area contributed by atoms with Gasteiger partial charge in [0.15, 0.2) is 22.3 Å². The molecule has 0 saturated carbocycles. The topological polar surface area (TPSA) is 360 Å². The van der Waals surface area contributed by atoms with Gasteiger partial charge in [-0.05, 0) is 58.6 Å². The molecule has 604 valence electrons. The molecule has 2 aliphatic heterocycles. The Morgan fingerprint density at radius 1 is 0.504 bits per heavy atom. The number of nitrogens with one attached hydrogen (secondary N) is 2. The van der Waals surface area contributed by atoms with Gasteiger partial charge in [0.05, 0.1) is 72.2 Å². The molecule has 117 heavy (non-hydrogen) atoms. The average Bonchev–Trinajstić information content (AvgIpc) is 1.41. The number of morpholine rings is 2. The summed E-state index contributed by atoms with van der Waals surface area (Å²) in [5, 5.41) is 28.6. The third kappa shape index (κ3) is 18.0. The number of carbonyl (C=O) groups is 2. The molecule has 2 fully saturated rings. The van der Waals surface area contributed by atoms with Crippen LogP contribution in [0, 0.1) is 32.1 Å². The van der Waals surface area contributed by atoms with Crippen molar-refractivity contribution in [2.45, 2.75) is 76.3 Å². The Morgan fingerprint density at radius 3 is 1.14 bits per heavy atom. The number of nitro groups is 2. The molecule has 8 aromatic carbocycles. The maximum absolute atomic E-state index is 15.8. The van der Waals surface area contributed by atoms with E-state index in [2.05, 4.69) is 30.4 Å². The van der Waals surface area contributed by atoms with Crippen LogP contribution < -0.4 is 20.1 Å². The van der Waals surface area contributed by atoms with E-state index in [0.29, 0.717) is 12.8 Å². The molecular formula is C84H87N15O16P2. The number of fused-ring (bicyclic) bond motifs is 2. The van der Waals surface area contributed by atoms with Crippen LogP contribution in [0.4, 0.5) is 23.3 Å². The molecule has 4 aromatic heterocycles. The van der Waals surface area contributed by atoms with E-state index >= 15 is 9.13 Å². The number of nitro benzene ring substituents is 2. The smallest absolute Gasteiger partial charge is 0.476 e. The first-order valence-electron chi connectivity index (χ1n) is 38.1. The molecule has 0 spiro atoms. The van der Waals surface area contributed by atoms with E-state index in [9.17, 15) is 34.7 Å². The molecule has 2 amide bonds. The van der Waals surface area contributed by atoms with Gasteiger partial charge >= 0.3 is 15.6 Å². The number of amides is 2. The van der Waals surface area contributed by atoms with Gasteiger partial charge < -0.3 is 23.8 Å². The molecule has 6 atom stereocenters. The number of benzene rings is 8. The van der Waals surface area contributed by atoms with Crippen LogP contribution in [0.1, 0.15) is 84.7 Å². The molecule has 2 aliphatic rings. The number of carbonyl (C=O) groups excluding carboxylic acids is 2. The number of imidazole rings is 2. The van der Waals surface area contributed by atoms with Crippen molar-refractivity contribution < 1.29 is 65.8 Å². The van der Waals surface area contributed by atoms with Crippen molar-refractivity contribution in [1.29, 1.82) is 0 Å². The summed E-state index contributed by atoms with van der Waals surface area (Å²) >= 11 is 0. The van der Waals surface area contributed by atoms with Gasteiger partial charge in [0.1, 0.15) is 12.5 Å². The van der Waals surface area contributed by atoms with Gasteiger partial charge in [0.2, 0.25) is 35.5 Å². The molecule has 14 rings (SSSR count). The zero-order chi connectivity index (χ0) is 82.0. The molecule has 2 saturated heterocycles.